The van der Waals surface area contributed by atoms with Crippen molar-refractivity contribution in [1.29, 1.82) is 0 Å². The molecule has 0 bridgehead atoms. The molecule has 0 heteroatoms. The van der Waals surface area contributed by atoms with Crippen LogP contribution in [0.3, 0.4) is 0 Å². The second-order valence-electron chi connectivity index (χ2n) is 5.50. The monoisotopic (exact) mass is 166 g/mol. The lowest BCUT2D eigenvalue weighted by Gasteiger charge is -2.46. The maximum atomic E-state index is 2.47. The van der Waals surface area contributed by atoms with Crippen LogP contribution in [0.2, 0.25) is 0 Å². The highest BCUT2D eigenvalue weighted by atomic mass is 14.6. The molecule has 2 fully saturated rings. The molecule has 0 aromatic carbocycles. The van der Waals surface area contributed by atoms with Crippen molar-refractivity contribution < 1.29 is 0 Å². The third-order valence-electron chi connectivity index (χ3n) is 4.49. The average molecular weight is 166 g/mol. The summed E-state index contributed by atoms with van der Waals surface area (Å²) in [6.07, 6.45) is 7.64. The normalized spacial score (nSPS) is 39.0. The Morgan fingerprint density at radius 1 is 1.17 bits per heavy atom. The van der Waals surface area contributed by atoms with Crippen LogP contribution in [0.25, 0.3) is 0 Å². The maximum Gasteiger partial charge on any atom is -0.0264 e. The summed E-state index contributed by atoms with van der Waals surface area (Å²) in [5.74, 6) is 2.97. The van der Waals surface area contributed by atoms with E-state index in [4.69, 9.17) is 0 Å². The lowest BCUT2D eigenvalue weighted by atomic mass is 9.59. The van der Waals surface area contributed by atoms with Gasteiger partial charge in [0.1, 0.15) is 0 Å². The summed E-state index contributed by atoms with van der Waals surface area (Å²) in [6, 6.07) is 0. The molecule has 1 spiro atoms. The maximum absolute atomic E-state index is 2.47. The first-order valence-electron chi connectivity index (χ1n) is 5.66. The van der Waals surface area contributed by atoms with Gasteiger partial charge in [0.25, 0.3) is 0 Å². The molecule has 2 atom stereocenters. The van der Waals surface area contributed by atoms with Crippen molar-refractivity contribution in [1.82, 2.24) is 0 Å². The largest absolute Gasteiger partial charge is 0.0625 e. The third kappa shape index (κ3) is 1.03. The van der Waals surface area contributed by atoms with Crippen molar-refractivity contribution in [3.05, 3.63) is 0 Å². The summed E-state index contributed by atoms with van der Waals surface area (Å²) >= 11 is 0. The Kier molecular flexibility index (Phi) is 1.97. The van der Waals surface area contributed by atoms with Gasteiger partial charge in [0.2, 0.25) is 0 Å². The van der Waals surface area contributed by atoms with Gasteiger partial charge in [-0.1, -0.05) is 27.2 Å². The van der Waals surface area contributed by atoms with Gasteiger partial charge in [0, 0.05) is 0 Å². The van der Waals surface area contributed by atoms with Crippen LogP contribution >= 0.6 is 0 Å². The van der Waals surface area contributed by atoms with Gasteiger partial charge < -0.3 is 0 Å². The lowest BCUT2D eigenvalue weighted by Crippen LogP contribution is -2.37. The first-order chi connectivity index (χ1) is 5.66. The van der Waals surface area contributed by atoms with Crippen LogP contribution in [0.5, 0.6) is 0 Å². The molecule has 0 heterocycles. The highest BCUT2D eigenvalue weighted by molar-refractivity contribution is 5.00. The van der Waals surface area contributed by atoms with Crippen molar-refractivity contribution in [2.75, 3.05) is 0 Å². The Morgan fingerprint density at radius 2 is 1.83 bits per heavy atom. The van der Waals surface area contributed by atoms with E-state index in [0.717, 1.165) is 23.2 Å². The minimum Gasteiger partial charge on any atom is -0.0625 e. The van der Waals surface area contributed by atoms with E-state index >= 15 is 0 Å². The first kappa shape index (κ1) is 8.59. The quantitative estimate of drug-likeness (QED) is 0.555. The molecule has 2 unspecified atom stereocenters. The summed E-state index contributed by atoms with van der Waals surface area (Å²) in [5.41, 5.74) is 0.827. The van der Waals surface area contributed by atoms with Crippen molar-refractivity contribution >= 4 is 0 Å². The van der Waals surface area contributed by atoms with Gasteiger partial charge >= 0.3 is 0 Å². The van der Waals surface area contributed by atoms with Crippen molar-refractivity contribution in [3.63, 3.8) is 0 Å². The highest BCUT2D eigenvalue weighted by Gasteiger charge is 2.50. The zero-order chi connectivity index (χ0) is 8.77. The van der Waals surface area contributed by atoms with Gasteiger partial charge in [0.05, 0.1) is 0 Å². The fourth-order valence-corrected chi connectivity index (χ4v) is 4.04. The third-order valence-corrected chi connectivity index (χ3v) is 4.49. The molecule has 2 rings (SSSR count). The Hall–Kier alpha value is 0. The number of hydrogen-bond acceptors (Lipinski definition) is 0. The Balaban J connectivity index is 2.14. The van der Waals surface area contributed by atoms with Crippen LogP contribution in [0.1, 0.15) is 52.9 Å². The Morgan fingerprint density at radius 3 is 2.17 bits per heavy atom. The van der Waals surface area contributed by atoms with Gasteiger partial charge in [-0.2, -0.15) is 0 Å². The minimum atomic E-state index is 0.827. The van der Waals surface area contributed by atoms with Gasteiger partial charge in [-0.3, -0.25) is 0 Å². The molecule has 0 nitrogen and oxygen atoms in total. The zero-order valence-corrected chi connectivity index (χ0v) is 8.77. The molecule has 2 saturated carbocycles. The van der Waals surface area contributed by atoms with E-state index in [0.29, 0.717) is 0 Å². The molecule has 12 heavy (non-hydrogen) atoms. The smallest absolute Gasteiger partial charge is 0.0264 e. The number of hydrogen-bond donors (Lipinski definition) is 0. The minimum absolute atomic E-state index is 0.827. The topological polar surface area (TPSA) is 0 Å². The average Bonchev–Trinajstić information content (AvgIpc) is 2.25. The van der Waals surface area contributed by atoms with E-state index in [1.54, 1.807) is 12.8 Å². The number of rotatable bonds is 1. The summed E-state index contributed by atoms with van der Waals surface area (Å²) in [7, 11) is 0. The summed E-state index contributed by atoms with van der Waals surface area (Å²) in [5, 5.41) is 0. The Labute approximate surface area is 76.7 Å². The van der Waals surface area contributed by atoms with Crippen LogP contribution < -0.4 is 0 Å². The molecule has 0 aromatic heterocycles. The fraction of sp³-hybridized carbons (Fsp3) is 1.00. The van der Waals surface area contributed by atoms with Crippen LogP contribution in [0, 0.1) is 23.2 Å². The van der Waals surface area contributed by atoms with Gasteiger partial charge in [-0.05, 0) is 48.9 Å². The molecule has 0 N–H and O–H groups in total. The van der Waals surface area contributed by atoms with Crippen molar-refractivity contribution in [3.8, 4) is 0 Å². The van der Waals surface area contributed by atoms with E-state index in [9.17, 15) is 0 Å². The Bertz CT molecular complexity index is 165. The molecule has 70 valence electrons. The molecular weight excluding hydrogens is 144 g/mol. The standard InChI is InChI=1S/C12H22/c1-9(2)11-10(3)5-8-12(11)6-4-7-12/h9-11H,4-8H2,1-3H3. The van der Waals surface area contributed by atoms with Crippen LogP contribution in [0.15, 0.2) is 0 Å². The predicted octanol–water partition coefficient (Wildman–Crippen LogP) is 3.86. The predicted molar refractivity (Wildman–Crippen MR) is 53.0 cm³/mol. The summed E-state index contributed by atoms with van der Waals surface area (Å²) < 4.78 is 0. The molecule has 2 aliphatic rings. The van der Waals surface area contributed by atoms with Gasteiger partial charge in [-0.25, -0.2) is 0 Å². The molecule has 0 aromatic rings. The van der Waals surface area contributed by atoms with E-state index < -0.39 is 0 Å². The summed E-state index contributed by atoms with van der Waals surface area (Å²) in [4.78, 5) is 0. The molecule has 0 amide bonds. The second-order valence-corrected chi connectivity index (χ2v) is 5.50. The van der Waals surface area contributed by atoms with Gasteiger partial charge in [0.15, 0.2) is 0 Å². The van der Waals surface area contributed by atoms with E-state index in [1.165, 1.54) is 19.3 Å². The molecule has 0 radical (unpaired) electrons. The fourth-order valence-electron chi connectivity index (χ4n) is 4.04. The van der Waals surface area contributed by atoms with Crippen molar-refractivity contribution in [2.45, 2.75) is 52.9 Å². The van der Waals surface area contributed by atoms with Crippen LogP contribution in [-0.2, 0) is 0 Å². The second kappa shape index (κ2) is 2.75. The van der Waals surface area contributed by atoms with E-state index in [-0.39, 0.29) is 0 Å². The van der Waals surface area contributed by atoms with E-state index in [2.05, 4.69) is 20.8 Å². The molecular formula is C12H22. The SMILES string of the molecule is CC(C)C1C(C)CCC12CCC2. The first-order valence-corrected chi connectivity index (χ1v) is 5.66. The summed E-state index contributed by atoms with van der Waals surface area (Å²) in [6.45, 7) is 7.32. The zero-order valence-electron chi connectivity index (χ0n) is 8.77. The van der Waals surface area contributed by atoms with Crippen LogP contribution in [0.4, 0.5) is 0 Å². The van der Waals surface area contributed by atoms with Gasteiger partial charge in [-0.15, -0.1) is 0 Å². The van der Waals surface area contributed by atoms with E-state index in [1.807, 2.05) is 0 Å². The van der Waals surface area contributed by atoms with Crippen molar-refractivity contribution in [2.24, 2.45) is 23.2 Å². The van der Waals surface area contributed by atoms with Crippen LogP contribution in [-0.4, -0.2) is 0 Å². The molecule has 2 aliphatic carbocycles. The lowest BCUT2D eigenvalue weighted by molar-refractivity contribution is 0.0355. The molecule has 0 saturated heterocycles. The molecule has 0 aliphatic heterocycles. The highest BCUT2D eigenvalue weighted by Crippen LogP contribution is 2.60.